The zero-order valence-corrected chi connectivity index (χ0v) is 15.5. The summed E-state index contributed by atoms with van der Waals surface area (Å²) in [6.45, 7) is 6.30. The minimum atomic E-state index is 0.537. The molecule has 0 aliphatic carbocycles. The highest BCUT2D eigenvalue weighted by atomic mass is 35.5. The van der Waals surface area contributed by atoms with Gasteiger partial charge in [-0.3, -0.25) is 4.98 Å². The Morgan fingerprint density at radius 1 is 1.45 bits per heavy atom. The number of aromatic nitrogens is 3. The Morgan fingerprint density at radius 2 is 2.27 bits per heavy atom. The van der Waals surface area contributed by atoms with E-state index >= 15 is 0 Å². The van der Waals surface area contributed by atoms with Gasteiger partial charge in [0, 0.05) is 25.0 Å². The first-order chi connectivity index (χ1) is 10.7. The van der Waals surface area contributed by atoms with Crippen molar-refractivity contribution in [2.24, 2.45) is 5.92 Å². The Hall–Kier alpha value is -0.850. The summed E-state index contributed by atoms with van der Waals surface area (Å²) in [7, 11) is 3.71. The molecule has 4 nitrogen and oxygen atoms in total. The molecule has 0 radical (unpaired) electrons. The molecule has 0 saturated heterocycles. The van der Waals surface area contributed by atoms with Crippen LogP contribution in [0.15, 0.2) is 30.7 Å². The lowest BCUT2D eigenvalue weighted by atomic mass is 10.2. The van der Waals surface area contributed by atoms with Gasteiger partial charge < -0.3 is 4.90 Å². The predicted octanol–water partition coefficient (Wildman–Crippen LogP) is 4.39. The normalized spacial score (nSPS) is 12.4. The fraction of sp³-hybridized carbons (Fsp3) is 0.467. The highest BCUT2D eigenvalue weighted by Gasteiger charge is 2.16. The van der Waals surface area contributed by atoms with E-state index in [1.807, 2.05) is 39.9 Å². The molecule has 2 aromatic heterocycles. The summed E-state index contributed by atoms with van der Waals surface area (Å²) >= 11 is 6.35. The molecule has 0 aliphatic heterocycles. The fourth-order valence-electron chi connectivity index (χ4n) is 2.19. The highest BCUT2D eigenvalue weighted by Crippen LogP contribution is 2.28. The van der Waals surface area contributed by atoms with E-state index in [2.05, 4.69) is 35.1 Å². The monoisotopic (exact) mass is 356 g/mol. The summed E-state index contributed by atoms with van der Waals surface area (Å²) in [4.78, 5) is 6.41. The highest BCUT2D eigenvalue weighted by molar-refractivity contribution is 8.76. The van der Waals surface area contributed by atoms with Crippen molar-refractivity contribution in [2.75, 3.05) is 30.0 Å². The molecule has 0 N–H and O–H groups in total. The molecule has 2 aromatic rings. The van der Waals surface area contributed by atoms with Crippen LogP contribution in [0, 0.1) is 5.92 Å². The van der Waals surface area contributed by atoms with Gasteiger partial charge in [-0.15, -0.1) is 0 Å². The molecule has 1 unspecified atom stereocenters. The third kappa shape index (κ3) is 4.57. The molecule has 22 heavy (non-hydrogen) atoms. The quantitative estimate of drug-likeness (QED) is 0.655. The van der Waals surface area contributed by atoms with Crippen LogP contribution in [0.25, 0.3) is 5.69 Å². The van der Waals surface area contributed by atoms with Gasteiger partial charge >= 0.3 is 0 Å². The van der Waals surface area contributed by atoms with Crippen LogP contribution < -0.4 is 4.90 Å². The van der Waals surface area contributed by atoms with Crippen LogP contribution in [-0.4, -0.2) is 39.9 Å². The first kappa shape index (κ1) is 17.5. The van der Waals surface area contributed by atoms with Gasteiger partial charge in [0.1, 0.15) is 0 Å². The third-order valence-corrected chi connectivity index (χ3v) is 5.61. The second-order valence-corrected chi connectivity index (χ2v) is 8.02. The van der Waals surface area contributed by atoms with E-state index in [9.17, 15) is 0 Å². The van der Waals surface area contributed by atoms with E-state index < -0.39 is 0 Å². The number of anilines is 1. The zero-order valence-electron chi connectivity index (χ0n) is 13.1. The van der Waals surface area contributed by atoms with Gasteiger partial charge in [-0.05, 0) is 31.2 Å². The van der Waals surface area contributed by atoms with E-state index in [4.69, 9.17) is 11.6 Å². The van der Waals surface area contributed by atoms with E-state index in [0.29, 0.717) is 11.1 Å². The number of hydrogen-bond donors (Lipinski definition) is 0. The van der Waals surface area contributed by atoms with Crippen molar-refractivity contribution in [3.8, 4) is 5.69 Å². The molecule has 0 fully saturated rings. The second-order valence-electron chi connectivity index (χ2n) is 5.06. The maximum atomic E-state index is 6.35. The van der Waals surface area contributed by atoms with Gasteiger partial charge in [-0.2, -0.15) is 5.10 Å². The molecular formula is C15H21ClN4S2. The average Bonchev–Trinajstić information content (AvgIpc) is 2.93. The lowest BCUT2D eigenvalue weighted by Crippen LogP contribution is -2.29. The van der Waals surface area contributed by atoms with Crippen molar-refractivity contribution >= 4 is 38.9 Å². The van der Waals surface area contributed by atoms with Crippen LogP contribution in [0.2, 0.25) is 5.15 Å². The lowest BCUT2D eigenvalue weighted by Gasteiger charge is -2.25. The fourth-order valence-corrected chi connectivity index (χ4v) is 4.02. The lowest BCUT2D eigenvalue weighted by molar-refractivity contribution is 0.629. The Balaban J connectivity index is 2.14. The predicted molar refractivity (Wildman–Crippen MR) is 99.4 cm³/mol. The summed E-state index contributed by atoms with van der Waals surface area (Å²) < 4.78 is 1.79. The Morgan fingerprint density at radius 3 is 2.91 bits per heavy atom. The Labute approximate surface area is 145 Å². The van der Waals surface area contributed by atoms with Crippen molar-refractivity contribution in [2.45, 2.75) is 13.8 Å². The number of rotatable bonds is 8. The molecule has 7 heteroatoms. The Kier molecular flexibility index (Phi) is 6.92. The van der Waals surface area contributed by atoms with Gasteiger partial charge in [-0.1, -0.05) is 40.1 Å². The maximum Gasteiger partial charge on any atom is 0.174 e. The first-order valence-corrected chi connectivity index (χ1v) is 10.3. The van der Waals surface area contributed by atoms with Crippen molar-refractivity contribution < 1.29 is 0 Å². The summed E-state index contributed by atoms with van der Waals surface area (Å²) in [6, 6.07) is 3.86. The number of halogens is 1. The summed E-state index contributed by atoms with van der Waals surface area (Å²) in [5, 5.41) is 4.95. The van der Waals surface area contributed by atoms with Crippen molar-refractivity contribution in [1.82, 2.24) is 14.8 Å². The average molecular weight is 357 g/mol. The largest absolute Gasteiger partial charge is 0.368 e. The van der Waals surface area contributed by atoms with Gasteiger partial charge in [0.25, 0.3) is 0 Å². The molecule has 1 atom stereocenters. The molecule has 0 aliphatic rings. The van der Waals surface area contributed by atoms with Gasteiger partial charge in [0.05, 0.1) is 23.8 Å². The molecular weight excluding hydrogens is 336 g/mol. The summed E-state index contributed by atoms with van der Waals surface area (Å²) in [5.74, 6) is 1.72. The summed E-state index contributed by atoms with van der Waals surface area (Å²) in [6.07, 6.45) is 7.63. The standard InChI is InChI=1S/C15H21ClN4S2/c1-4-19(9-12(2)11-22-21-3)14-10-20(18-15(14)16)13-6-5-7-17-8-13/h5-8,10,12H,4,9,11H2,1-3H3. The van der Waals surface area contributed by atoms with Crippen LogP contribution in [0.5, 0.6) is 0 Å². The van der Waals surface area contributed by atoms with Crippen molar-refractivity contribution in [1.29, 1.82) is 0 Å². The van der Waals surface area contributed by atoms with Gasteiger partial charge in [0.2, 0.25) is 0 Å². The van der Waals surface area contributed by atoms with Gasteiger partial charge in [-0.25, -0.2) is 4.68 Å². The molecule has 0 aromatic carbocycles. The zero-order chi connectivity index (χ0) is 15.9. The van der Waals surface area contributed by atoms with Crippen LogP contribution in [0.3, 0.4) is 0 Å². The van der Waals surface area contributed by atoms with Crippen LogP contribution in [0.4, 0.5) is 5.69 Å². The molecule has 2 heterocycles. The molecule has 2 rings (SSSR count). The van der Waals surface area contributed by atoms with Crippen LogP contribution in [0.1, 0.15) is 13.8 Å². The van der Waals surface area contributed by atoms with E-state index in [1.165, 1.54) is 0 Å². The molecule has 0 spiro atoms. The van der Waals surface area contributed by atoms with E-state index in [1.54, 1.807) is 17.1 Å². The second kappa shape index (κ2) is 8.70. The topological polar surface area (TPSA) is 34.0 Å². The minimum Gasteiger partial charge on any atom is -0.368 e. The molecule has 0 amide bonds. The van der Waals surface area contributed by atoms with Crippen molar-refractivity contribution in [3.05, 3.63) is 35.9 Å². The van der Waals surface area contributed by atoms with Crippen LogP contribution in [-0.2, 0) is 0 Å². The number of nitrogens with zero attached hydrogens (tertiary/aromatic N) is 4. The van der Waals surface area contributed by atoms with E-state index in [-0.39, 0.29) is 0 Å². The Bertz CT molecular complexity index is 576. The first-order valence-electron chi connectivity index (χ1n) is 7.21. The van der Waals surface area contributed by atoms with E-state index in [0.717, 1.165) is 30.2 Å². The smallest absolute Gasteiger partial charge is 0.174 e. The molecule has 0 saturated carbocycles. The maximum absolute atomic E-state index is 6.35. The third-order valence-electron chi connectivity index (χ3n) is 3.29. The SMILES string of the molecule is CCN(CC(C)CSSC)c1cn(-c2cccnc2)nc1Cl. The molecule has 0 bridgehead atoms. The summed E-state index contributed by atoms with van der Waals surface area (Å²) in [5.41, 5.74) is 1.90. The van der Waals surface area contributed by atoms with Crippen molar-refractivity contribution in [3.63, 3.8) is 0 Å². The molecule has 120 valence electrons. The number of hydrogen-bond acceptors (Lipinski definition) is 5. The van der Waals surface area contributed by atoms with Crippen LogP contribution >= 0.6 is 33.2 Å². The minimum absolute atomic E-state index is 0.537. The number of pyridine rings is 1. The van der Waals surface area contributed by atoms with Gasteiger partial charge in [0.15, 0.2) is 5.15 Å².